The lowest BCUT2D eigenvalue weighted by molar-refractivity contribution is -0.912. The molecule has 1 fully saturated rings. The van der Waals surface area contributed by atoms with E-state index in [0.717, 1.165) is 13.0 Å². The van der Waals surface area contributed by atoms with Crippen LogP contribution < -0.4 is 10.0 Å². The average molecular weight is 328 g/mol. The van der Waals surface area contributed by atoms with Crippen LogP contribution in [0.1, 0.15) is 104 Å². The Hall–Kier alpha value is -0.570. The molecule has 23 heavy (non-hydrogen) atoms. The standard InChI is InChI=1S/C18H37N.C2H4O2/c1-3-5-7-8-9-10-11-12-16-19-17-13-15-18(19)14-6-4-2;1-2(3)4/h18H,3-17H2,1-2H3;1H3,(H,3,4). The monoisotopic (exact) mass is 327 g/mol. The third kappa shape index (κ3) is 14.7. The van der Waals surface area contributed by atoms with E-state index in [-0.39, 0.29) is 0 Å². The van der Waals surface area contributed by atoms with Crippen molar-refractivity contribution in [3.8, 4) is 0 Å². The van der Waals surface area contributed by atoms with Gasteiger partial charge < -0.3 is 14.8 Å². The minimum Gasteiger partial charge on any atom is -0.550 e. The summed E-state index contributed by atoms with van der Waals surface area (Å²) < 4.78 is 0. The fourth-order valence-corrected chi connectivity index (χ4v) is 3.60. The minimum atomic E-state index is -1.08. The number of rotatable bonds is 12. The molecular formula is C20H41NO2. The van der Waals surface area contributed by atoms with Crippen LogP contribution in [0.25, 0.3) is 0 Å². The Balaban J connectivity index is 0.00000108. The van der Waals surface area contributed by atoms with Gasteiger partial charge in [0.25, 0.3) is 0 Å². The van der Waals surface area contributed by atoms with Crippen LogP contribution in [0.5, 0.6) is 0 Å². The van der Waals surface area contributed by atoms with Crippen LogP contribution in [0.15, 0.2) is 0 Å². The lowest BCUT2D eigenvalue weighted by Gasteiger charge is -2.21. The van der Waals surface area contributed by atoms with Gasteiger partial charge in [0.2, 0.25) is 0 Å². The summed E-state index contributed by atoms with van der Waals surface area (Å²) in [6.07, 6.45) is 19.0. The number of unbranched alkanes of at least 4 members (excludes halogenated alkanes) is 8. The van der Waals surface area contributed by atoms with Gasteiger partial charge >= 0.3 is 0 Å². The molecule has 1 heterocycles. The van der Waals surface area contributed by atoms with Crippen molar-refractivity contribution < 1.29 is 14.8 Å². The summed E-state index contributed by atoms with van der Waals surface area (Å²) in [5.41, 5.74) is 0. The lowest BCUT2D eigenvalue weighted by atomic mass is 10.1. The highest BCUT2D eigenvalue weighted by molar-refractivity contribution is 5.60. The molecule has 1 saturated heterocycles. The Morgan fingerprint density at radius 2 is 1.48 bits per heavy atom. The van der Waals surface area contributed by atoms with Crippen LogP contribution in [0.2, 0.25) is 0 Å². The molecule has 0 radical (unpaired) electrons. The molecule has 1 N–H and O–H groups in total. The minimum absolute atomic E-state index is 0.972. The number of quaternary nitrogens is 1. The highest BCUT2D eigenvalue weighted by Crippen LogP contribution is 2.10. The molecule has 2 unspecified atom stereocenters. The number of carbonyl (C=O) groups excluding carboxylic acids is 1. The third-order valence-electron chi connectivity index (χ3n) is 4.89. The number of aliphatic carboxylic acids is 1. The summed E-state index contributed by atoms with van der Waals surface area (Å²) in [5.74, 6) is -1.08. The van der Waals surface area contributed by atoms with Crippen LogP contribution >= 0.6 is 0 Å². The molecule has 0 aromatic heterocycles. The number of carboxylic acid groups (broad SMARTS) is 1. The van der Waals surface area contributed by atoms with Gasteiger partial charge in [-0.05, 0) is 32.6 Å². The van der Waals surface area contributed by atoms with Crippen LogP contribution in [0, 0.1) is 0 Å². The summed E-state index contributed by atoms with van der Waals surface area (Å²) in [4.78, 5) is 10.8. The van der Waals surface area contributed by atoms with E-state index >= 15 is 0 Å². The number of carbonyl (C=O) groups is 1. The predicted octanol–water partition coefficient (Wildman–Crippen LogP) is 3.12. The van der Waals surface area contributed by atoms with E-state index in [1.54, 1.807) is 0 Å². The summed E-state index contributed by atoms with van der Waals surface area (Å²) in [7, 11) is 0. The first-order valence-electron chi connectivity index (χ1n) is 10.1. The zero-order valence-electron chi connectivity index (χ0n) is 16.0. The fourth-order valence-electron chi connectivity index (χ4n) is 3.60. The van der Waals surface area contributed by atoms with Crippen molar-refractivity contribution in [1.82, 2.24) is 0 Å². The van der Waals surface area contributed by atoms with E-state index in [9.17, 15) is 0 Å². The maximum absolute atomic E-state index is 8.89. The first-order chi connectivity index (χ1) is 11.1. The first kappa shape index (κ1) is 22.4. The normalized spacial score (nSPS) is 20.1. The molecule has 3 heteroatoms. The molecule has 2 atom stereocenters. The van der Waals surface area contributed by atoms with Gasteiger partial charge in [-0.15, -0.1) is 0 Å². The van der Waals surface area contributed by atoms with Gasteiger partial charge in [0.05, 0.1) is 19.1 Å². The van der Waals surface area contributed by atoms with Gasteiger partial charge in [-0.25, -0.2) is 0 Å². The third-order valence-corrected chi connectivity index (χ3v) is 4.89. The number of hydrogen-bond donors (Lipinski definition) is 1. The average Bonchev–Trinajstić information content (AvgIpc) is 2.94. The van der Waals surface area contributed by atoms with Gasteiger partial charge in [-0.1, -0.05) is 58.8 Å². The van der Waals surface area contributed by atoms with Gasteiger partial charge in [0.1, 0.15) is 0 Å². The van der Waals surface area contributed by atoms with Crippen molar-refractivity contribution in [3.05, 3.63) is 0 Å². The molecule has 0 bridgehead atoms. The quantitative estimate of drug-likeness (QED) is 0.560. The van der Waals surface area contributed by atoms with E-state index in [2.05, 4.69) is 13.8 Å². The zero-order valence-corrected chi connectivity index (χ0v) is 16.0. The van der Waals surface area contributed by atoms with Crippen LogP contribution in [-0.2, 0) is 4.79 Å². The molecule has 0 aromatic carbocycles. The van der Waals surface area contributed by atoms with E-state index in [1.165, 1.54) is 96.6 Å². The molecule has 1 rings (SSSR count). The lowest BCUT2D eigenvalue weighted by Crippen LogP contribution is -3.13. The second-order valence-electron chi connectivity index (χ2n) is 7.11. The molecule has 0 amide bonds. The number of hydrogen-bond acceptors (Lipinski definition) is 2. The first-order valence-corrected chi connectivity index (χ1v) is 10.1. The van der Waals surface area contributed by atoms with Crippen molar-refractivity contribution >= 4 is 5.97 Å². The molecule has 1 aliphatic rings. The van der Waals surface area contributed by atoms with Gasteiger partial charge in [-0.2, -0.15) is 0 Å². The summed E-state index contributed by atoms with van der Waals surface area (Å²) >= 11 is 0. The van der Waals surface area contributed by atoms with Crippen LogP contribution in [0.3, 0.4) is 0 Å². The highest BCUT2D eigenvalue weighted by atomic mass is 16.4. The number of nitrogens with one attached hydrogen (secondary N) is 1. The summed E-state index contributed by atoms with van der Waals surface area (Å²) in [5, 5.41) is 8.89. The Kier molecular flexibility index (Phi) is 15.9. The second kappa shape index (κ2) is 16.3. The molecule has 1 aliphatic heterocycles. The Morgan fingerprint density at radius 3 is 2.04 bits per heavy atom. The highest BCUT2D eigenvalue weighted by Gasteiger charge is 2.26. The molecule has 3 nitrogen and oxygen atoms in total. The maximum atomic E-state index is 8.89. The van der Waals surface area contributed by atoms with Crippen LogP contribution in [0.4, 0.5) is 0 Å². The Labute approximate surface area is 144 Å². The van der Waals surface area contributed by atoms with Gasteiger partial charge in [-0.3, -0.25) is 0 Å². The largest absolute Gasteiger partial charge is 0.550 e. The van der Waals surface area contributed by atoms with Crippen LogP contribution in [-0.4, -0.2) is 25.1 Å². The van der Waals surface area contributed by atoms with Crippen molar-refractivity contribution in [2.75, 3.05) is 13.1 Å². The van der Waals surface area contributed by atoms with Crippen molar-refractivity contribution in [2.45, 2.75) is 110 Å². The molecule has 0 spiro atoms. The predicted molar refractivity (Wildman–Crippen MR) is 96.5 cm³/mol. The Morgan fingerprint density at radius 1 is 0.957 bits per heavy atom. The van der Waals surface area contributed by atoms with E-state index in [4.69, 9.17) is 9.90 Å². The fraction of sp³-hybridized carbons (Fsp3) is 0.950. The molecule has 138 valence electrons. The second-order valence-corrected chi connectivity index (χ2v) is 7.11. The van der Waals surface area contributed by atoms with Gasteiger partial charge in [0, 0.05) is 18.8 Å². The zero-order chi connectivity index (χ0) is 17.3. The Bertz CT molecular complexity index is 264. The molecule has 0 aliphatic carbocycles. The summed E-state index contributed by atoms with van der Waals surface area (Å²) in [6.45, 7) is 8.52. The van der Waals surface area contributed by atoms with E-state index < -0.39 is 5.97 Å². The van der Waals surface area contributed by atoms with E-state index in [1.807, 2.05) is 4.90 Å². The number of carboxylic acids is 1. The number of likely N-dealkylation sites (tertiary alicyclic amines) is 1. The summed E-state index contributed by atoms with van der Waals surface area (Å²) in [6, 6.07) is 1.02. The van der Waals surface area contributed by atoms with Crippen molar-refractivity contribution in [3.63, 3.8) is 0 Å². The topological polar surface area (TPSA) is 44.6 Å². The molecular weight excluding hydrogens is 286 g/mol. The van der Waals surface area contributed by atoms with Crippen molar-refractivity contribution in [1.29, 1.82) is 0 Å². The van der Waals surface area contributed by atoms with Gasteiger partial charge in [0.15, 0.2) is 0 Å². The molecule has 0 aromatic rings. The SMILES string of the molecule is CC(=O)[O-].CCCCCCCCCC[NH+]1CCCC1CCCC. The molecule has 0 saturated carbocycles. The maximum Gasteiger partial charge on any atom is 0.0876 e. The van der Waals surface area contributed by atoms with E-state index in [0.29, 0.717) is 0 Å². The smallest absolute Gasteiger partial charge is 0.0876 e. The van der Waals surface area contributed by atoms with Crippen molar-refractivity contribution in [2.24, 2.45) is 0 Å².